The largest absolute Gasteiger partial charge is 0.497 e. The Morgan fingerprint density at radius 3 is 2.54 bits per heavy atom. The van der Waals surface area contributed by atoms with E-state index in [2.05, 4.69) is 15.5 Å². The quantitative estimate of drug-likeness (QED) is 0.793. The summed E-state index contributed by atoms with van der Waals surface area (Å²) in [6.45, 7) is 3.88. The fourth-order valence-electron chi connectivity index (χ4n) is 2.21. The maximum absolute atomic E-state index is 12.3. The third kappa shape index (κ3) is 3.27. The van der Waals surface area contributed by atoms with Gasteiger partial charge in [-0.1, -0.05) is 12.1 Å². The molecule has 6 heteroatoms. The third-order valence-electron chi connectivity index (χ3n) is 3.60. The fraction of sp³-hybridized carbons (Fsp3) is 0.167. The predicted molar refractivity (Wildman–Crippen MR) is 90.2 cm³/mol. The maximum Gasteiger partial charge on any atom is 0.313 e. The van der Waals surface area contributed by atoms with Crippen molar-refractivity contribution in [2.75, 3.05) is 12.4 Å². The number of carbonyl (C=O) groups is 1. The zero-order valence-corrected chi connectivity index (χ0v) is 13.7. The summed E-state index contributed by atoms with van der Waals surface area (Å²) in [7, 11) is 1.59. The topological polar surface area (TPSA) is 77.2 Å². The summed E-state index contributed by atoms with van der Waals surface area (Å²) < 4.78 is 10.6. The van der Waals surface area contributed by atoms with E-state index in [4.69, 9.17) is 9.15 Å². The van der Waals surface area contributed by atoms with Crippen molar-refractivity contribution >= 4 is 11.6 Å². The van der Waals surface area contributed by atoms with Gasteiger partial charge in [0.05, 0.1) is 7.11 Å². The van der Waals surface area contributed by atoms with Gasteiger partial charge in [0.1, 0.15) is 5.75 Å². The summed E-state index contributed by atoms with van der Waals surface area (Å²) >= 11 is 0. The lowest BCUT2D eigenvalue weighted by atomic mass is 10.1. The first kappa shape index (κ1) is 15.7. The Labute approximate surface area is 139 Å². The first-order valence-corrected chi connectivity index (χ1v) is 7.43. The molecule has 1 heterocycles. The predicted octanol–water partition coefficient (Wildman–Crippen LogP) is 3.61. The summed E-state index contributed by atoms with van der Waals surface area (Å²) in [5.74, 6) is 0.493. The highest BCUT2D eigenvalue weighted by atomic mass is 16.5. The van der Waals surface area contributed by atoms with Gasteiger partial charge in [-0.15, -0.1) is 10.2 Å². The second-order valence-electron chi connectivity index (χ2n) is 5.41. The minimum absolute atomic E-state index is 0.0817. The SMILES string of the molecule is COc1ccc(-c2nnc(C(=O)Nc3cc(C)ccc3C)o2)cc1. The summed E-state index contributed by atoms with van der Waals surface area (Å²) in [6, 6.07) is 13.0. The number of anilines is 1. The van der Waals surface area contributed by atoms with Gasteiger partial charge in [-0.05, 0) is 55.3 Å². The highest BCUT2D eigenvalue weighted by Crippen LogP contribution is 2.22. The van der Waals surface area contributed by atoms with Gasteiger partial charge in [-0.25, -0.2) is 0 Å². The van der Waals surface area contributed by atoms with Gasteiger partial charge in [0.25, 0.3) is 0 Å². The van der Waals surface area contributed by atoms with Crippen LogP contribution in [0.15, 0.2) is 46.9 Å². The molecule has 0 saturated carbocycles. The number of amides is 1. The third-order valence-corrected chi connectivity index (χ3v) is 3.60. The molecule has 0 aliphatic carbocycles. The zero-order valence-electron chi connectivity index (χ0n) is 13.7. The molecule has 24 heavy (non-hydrogen) atoms. The van der Waals surface area contributed by atoms with Crippen LogP contribution < -0.4 is 10.1 Å². The van der Waals surface area contributed by atoms with Crippen LogP contribution in [0.4, 0.5) is 5.69 Å². The molecule has 1 amide bonds. The lowest BCUT2D eigenvalue weighted by Gasteiger charge is -2.07. The Kier molecular flexibility index (Phi) is 4.29. The van der Waals surface area contributed by atoms with E-state index in [1.165, 1.54) is 0 Å². The average Bonchev–Trinajstić information content (AvgIpc) is 3.08. The van der Waals surface area contributed by atoms with Gasteiger partial charge in [-0.2, -0.15) is 0 Å². The van der Waals surface area contributed by atoms with Crippen LogP contribution in [-0.4, -0.2) is 23.2 Å². The maximum atomic E-state index is 12.3. The Morgan fingerprint density at radius 2 is 1.83 bits per heavy atom. The summed E-state index contributed by atoms with van der Waals surface area (Å²) in [6.07, 6.45) is 0. The van der Waals surface area contributed by atoms with Crippen LogP contribution in [0.5, 0.6) is 5.75 Å². The van der Waals surface area contributed by atoms with E-state index in [-0.39, 0.29) is 11.8 Å². The summed E-state index contributed by atoms with van der Waals surface area (Å²) in [4.78, 5) is 12.3. The van der Waals surface area contributed by atoms with Gasteiger partial charge in [0.15, 0.2) is 0 Å². The highest BCUT2D eigenvalue weighted by Gasteiger charge is 2.17. The monoisotopic (exact) mass is 323 g/mol. The number of rotatable bonds is 4. The Balaban J connectivity index is 1.79. The Bertz CT molecular complexity index is 869. The standard InChI is InChI=1S/C18H17N3O3/c1-11-4-5-12(2)15(10-11)19-16(22)18-21-20-17(24-18)13-6-8-14(23-3)9-7-13/h4-10H,1-3H3,(H,19,22). The molecule has 6 nitrogen and oxygen atoms in total. The lowest BCUT2D eigenvalue weighted by molar-refractivity contribution is 0.0990. The molecule has 1 N–H and O–H groups in total. The molecule has 0 fully saturated rings. The highest BCUT2D eigenvalue weighted by molar-refractivity contribution is 6.01. The van der Waals surface area contributed by atoms with Gasteiger partial charge in [-0.3, -0.25) is 4.79 Å². The first-order valence-electron chi connectivity index (χ1n) is 7.43. The molecule has 0 aliphatic rings. The van der Waals surface area contributed by atoms with E-state index in [9.17, 15) is 4.79 Å². The number of nitrogens with one attached hydrogen (secondary N) is 1. The molecular formula is C18H17N3O3. The number of nitrogens with zero attached hydrogens (tertiary/aromatic N) is 2. The smallest absolute Gasteiger partial charge is 0.313 e. The van der Waals surface area contributed by atoms with E-state index >= 15 is 0 Å². The van der Waals surface area contributed by atoms with Crippen molar-refractivity contribution < 1.29 is 13.9 Å². The number of aryl methyl sites for hydroxylation is 2. The summed E-state index contributed by atoms with van der Waals surface area (Å²) in [5.41, 5.74) is 3.46. The van der Waals surface area contributed by atoms with E-state index in [1.54, 1.807) is 31.4 Å². The first-order chi connectivity index (χ1) is 11.6. The van der Waals surface area contributed by atoms with Crippen LogP contribution in [0.25, 0.3) is 11.5 Å². The van der Waals surface area contributed by atoms with Gasteiger partial charge < -0.3 is 14.5 Å². The van der Waals surface area contributed by atoms with Crippen molar-refractivity contribution in [1.29, 1.82) is 0 Å². The molecule has 0 aliphatic heterocycles. The molecule has 2 aromatic carbocycles. The molecule has 0 atom stereocenters. The molecule has 3 rings (SSSR count). The van der Waals surface area contributed by atoms with Crippen LogP contribution in [-0.2, 0) is 0 Å². The van der Waals surface area contributed by atoms with Crippen molar-refractivity contribution in [3.05, 3.63) is 59.5 Å². The van der Waals surface area contributed by atoms with E-state index in [0.717, 1.165) is 22.6 Å². The number of aromatic nitrogens is 2. The normalized spacial score (nSPS) is 10.5. The average molecular weight is 323 g/mol. The van der Waals surface area contributed by atoms with Gasteiger partial charge >= 0.3 is 11.8 Å². The number of hydrogen-bond acceptors (Lipinski definition) is 5. The van der Waals surface area contributed by atoms with Crippen LogP contribution in [0.1, 0.15) is 21.8 Å². The second-order valence-corrected chi connectivity index (χ2v) is 5.41. The molecule has 0 spiro atoms. The molecular weight excluding hydrogens is 306 g/mol. The molecule has 0 bridgehead atoms. The van der Waals surface area contributed by atoms with Gasteiger partial charge in [0, 0.05) is 11.3 Å². The van der Waals surface area contributed by atoms with Gasteiger partial charge in [0.2, 0.25) is 5.89 Å². The molecule has 0 radical (unpaired) electrons. The van der Waals surface area contributed by atoms with E-state index < -0.39 is 5.91 Å². The van der Waals surface area contributed by atoms with E-state index in [1.807, 2.05) is 32.0 Å². The molecule has 1 aromatic heterocycles. The van der Waals surface area contributed by atoms with Crippen LogP contribution in [0.2, 0.25) is 0 Å². The van der Waals surface area contributed by atoms with Crippen LogP contribution in [0.3, 0.4) is 0 Å². The summed E-state index contributed by atoms with van der Waals surface area (Å²) in [5, 5.41) is 10.5. The van der Waals surface area contributed by atoms with Crippen LogP contribution >= 0.6 is 0 Å². The van der Waals surface area contributed by atoms with Crippen molar-refractivity contribution in [2.45, 2.75) is 13.8 Å². The number of benzene rings is 2. The number of carbonyl (C=O) groups excluding carboxylic acids is 1. The molecule has 3 aromatic rings. The lowest BCUT2D eigenvalue weighted by Crippen LogP contribution is -2.13. The van der Waals surface area contributed by atoms with Crippen molar-refractivity contribution in [1.82, 2.24) is 10.2 Å². The van der Waals surface area contributed by atoms with Crippen molar-refractivity contribution in [3.63, 3.8) is 0 Å². The van der Waals surface area contributed by atoms with Crippen molar-refractivity contribution in [3.8, 4) is 17.2 Å². The Morgan fingerprint density at radius 1 is 1.08 bits per heavy atom. The Hall–Kier alpha value is -3.15. The molecule has 122 valence electrons. The second kappa shape index (κ2) is 6.54. The zero-order chi connectivity index (χ0) is 17.1. The number of ether oxygens (including phenoxy) is 1. The van der Waals surface area contributed by atoms with Crippen molar-refractivity contribution in [2.24, 2.45) is 0 Å². The van der Waals surface area contributed by atoms with Crippen LogP contribution in [0, 0.1) is 13.8 Å². The molecule has 0 saturated heterocycles. The van der Waals surface area contributed by atoms with E-state index in [0.29, 0.717) is 5.56 Å². The minimum Gasteiger partial charge on any atom is -0.497 e. The number of hydrogen-bond donors (Lipinski definition) is 1. The molecule has 0 unspecified atom stereocenters. The fourth-order valence-corrected chi connectivity index (χ4v) is 2.21. The number of methoxy groups -OCH3 is 1. The minimum atomic E-state index is -0.434.